The lowest BCUT2D eigenvalue weighted by Gasteiger charge is -2.05. The predicted octanol–water partition coefficient (Wildman–Crippen LogP) is 3.60. The maximum atomic E-state index is 5.98. The molecular weight excluding hydrogens is 172 g/mol. The summed E-state index contributed by atoms with van der Waals surface area (Å²) in [4.78, 5) is 0. The minimum atomic E-state index is 0.396. The van der Waals surface area contributed by atoms with Crippen LogP contribution in [-0.2, 0) is 4.74 Å². The Hall–Kier alpha value is 0.250. The van der Waals surface area contributed by atoms with Crippen LogP contribution in [0.1, 0.15) is 45.4 Å². The first-order chi connectivity index (χ1) is 5.81. The van der Waals surface area contributed by atoms with E-state index >= 15 is 0 Å². The highest BCUT2D eigenvalue weighted by Gasteiger charge is 1.99. The summed E-state index contributed by atoms with van der Waals surface area (Å²) in [6, 6.07) is 0. The highest BCUT2D eigenvalue weighted by molar-refractivity contribution is 6.20. The van der Waals surface area contributed by atoms with Gasteiger partial charge in [0.15, 0.2) is 0 Å². The zero-order valence-corrected chi connectivity index (χ0v) is 9.07. The Morgan fingerprint density at radius 3 is 2.42 bits per heavy atom. The Bertz CT molecular complexity index is 85.9. The van der Waals surface area contributed by atoms with Crippen molar-refractivity contribution in [2.24, 2.45) is 0 Å². The van der Waals surface area contributed by atoms with E-state index in [1.807, 2.05) is 0 Å². The molecule has 0 aliphatic carbocycles. The molecule has 0 amide bonds. The Morgan fingerprint density at radius 1 is 1.17 bits per heavy atom. The molecule has 0 saturated carbocycles. The Morgan fingerprint density at radius 2 is 1.83 bits per heavy atom. The summed E-state index contributed by atoms with van der Waals surface area (Å²) in [5, 5.41) is 0.396. The maximum Gasteiger partial charge on any atom is 0.0462 e. The molecule has 0 rings (SSSR count). The molecule has 1 atom stereocenters. The summed E-state index contributed by atoms with van der Waals surface area (Å²) in [5.41, 5.74) is 0. The summed E-state index contributed by atoms with van der Waals surface area (Å²) >= 11 is 5.98. The van der Waals surface area contributed by atoms with Crippen LogP contribution in [0.25, 0.3) is 0 Å². The van der Waals surface area contributed by atoms with Crippen LogP contribution in [-0.4, -0.2) is 19.1 Å². The summed E-state index contributed by atoms with van der Waals surface area (Å²) in [6.07, 6.45) is 7.31. The van der Waals surface area contributed by atoms with Crippen LogP contribution in [0, 0.1) is 0 Å². The fraction of sp³-hybridized carbons (Fsp3) is 1.00. The molecule has 0 N–H and O–H groups in total. The van der Waals surface area contributed by atoms with E-state index in [0.717, 1.165) is 13.0 Å². The summed E-state index contributed by atoms with van der Waals surface area (Å²) in [7, 11) is 1.76. The molecule has 1 nitrogen and oxygen atoms in total. The lowest BCUT2D eigenvalue weighted by Crippen LogP contribution is -1.95. The lowest BCUT2D eigenvalue weighted by molar-refractivity contribution is 0.192. The Labute approximate surface area is 81.4 Å². The van der Waals surface area contributed by atoms with Gasteiger partial charge in [-0.25, -0.2) is 0 Å². The molecule has 12 heavy (non-hydrogen) atoms. The fourth-order valence-electron chi connectivity index (χ4n) is 1.17. The first-order valence-electron chi connectivity index (χ1n) is 4.94. The number of halogens is 1. The van der Waals surface area contributed by atoms with Crippen molar-refractivity contribution in [2.45, 2.75) is 50.8 Å². The number of rotatable bonds is 8. The normalized spacial score (nSPS) is 13.2. The second kappa shape index (κ2) is 9.34. The number of hydrogen-bond acceptors (Lipinski definition) is 1. The molecule has 0 aromatic carbocycles. The third-order valence-electron chi connectivity index (χ3n) is 2.06. The van der Waals surface area contributed by atoms with Crippen molar-refractivity contribution < 1.29 is 4.74 Å². The van der Waals surface area contributed by atoms with Crippen molar-refractivity contribution in [1.29, 1.82) is 0 Å². The number of methoxy groups -OCH3 is 1. The topological polar surface area (TPSA) is 9.23 Å². The molecule has 2 heteroatoms. The predicted molar refractivity (Wildman–Crippen MR) is 54.9 cm³/mol. The van der Waals surface area contributed by atoms with E-state index < -0.39 is 0 Å². The van der Waals surface area contributed by atoms with E-state index in [9.17, 15) is 0 Å². The van der Waals surface area contributed by atoms with Gasteiger partial charge >= 0.3 is 0 Å². The highest BCUT2D eigenvalue weighted by atomic mass is 35.5. The van der Waals surface area contributed by atoms with Crippen molar-refractivity contribution in [3.8, 4) is 0 Å². The van der Waals surface area contributed by atoms with E-state index in [-0.39, 0.29) is 0 Å². The SMILES string of the molecule is CCC(Cl)CCCCCCOC. The molecule has 0 aromatic rings. The number of alkyl halides is 1. The van der Waals surface area contributed by atoms with E-state index in [1.165, 1.54) is 32.1 Å². The van der Waals surface area contributed by atoms with Gasteiger partial charge in [-0.1, -0.05) is 26.2 Å². The van der Waals surface area contributed by atoms with Gasteiger partial charge in [0.05, 0.1) is 0 Å². The molecule has 0 bridgehead atoms. The van der Waals surface area contributed by atoms with Crippen molar-refractivity contribution in [3.63, 3.8) is 0 Å². The van der Waals surface area contributed by atoms with Crippen molar-refractivity contribution in [1.82, 2.24) is 0 Å². The number of hydrogen-bond donors (Lipinski definition) is 0. The van der Waals surface area contributed by atoms with Crippen molar-refractivity contribution in [3.05, 3.63) is 0 Å². The van der Waals surface area contributed by atoms with Crippen LogP contribution in [0.2, 0.25) is 0 Å². The summed E-state index contributed by atoms with van der Waals surface area (Å²) in [6.45, 7) is 3.04. The second-order valence-electron chi connectivity index (χ2n) is 3.20. The highest BCUT2D eigenvalue weighted by Crippen LogP contribution is 2.12. The average molecular weight is 193 g/mol. The van der Waals surface area contributed by atoms with Crippen LogP contribution in [0.15, 0.2) is 0 Å². The molecule has 0 fully saturated rings. The van der Waals surface area contributed by atoms with E-state index in [2.05, 4.69) is 6.92 Å². The number of unbranched alkanes of at least 4 members (excludes halogenated alkanes) is 3. The first kappa shape index (κ1) is 12.2. The van der Waals surface area contributed by atoms with Crippen LogP contribution < -0.4 is 0 Å². The Kier molecular flexibility index (Phi) is 9.53. The molecule has 74 valence electrons. The largest absolute Gasteiger partial charge is 0.385 e. The molecular formula is C10H21ClO. The van der Waals surface area contributed by atoms with Crippen molar-refractivity contribution >= 4 is 11.6 Å². The maximum absolute atomic E-state index is 5.98. The first-order valence-corrected chi connectivity index (χ1v) is 5.38. The number of ether oxygens (including phenoxy) is 1. The van der Waals surface area contributed by atoms with Gasteiger partial charge in [-0.05, 0) is 19.3 Å². The molecule has 0 aliphatic rings. The van der Waals surface area contributed by atoms with Crippen molar-refractivity contribution in [2.75, 3.05) is 13.7 Å². The standard InChI is InChI=1S/C10H21ClO/c1-3-10(11)8-6-4-5-7-9-12-2/h10H,3-9H2,1-2H3. The minimum absolute atomic E-state index is 0.396. The zero-order valence-electron chi connectivity index (χ0n) is 8.31. The van der Waals surface area contributed by atoms with Crippen LogP contribution >= 0.6 is 11.6 Å². The van der Waals surface area contributed by atoms with Gasteiger partial charge in [0.25, 0.3) is 0 Å². The van der Waals surface area contributed by atoms with Crippen LogP contribution in [0.3, 0.4) is 0 Å². The van der Waals surface area contributed by atoms with E-state index in [1.54, 1.807) is 7.11 Å². The average Bonchev–Trinajstić information content (AvgIpc) is 2.10. The van der Waals surface area contributed by atoms with Gasteiger partial charge in [0.1, 0.15) is 0 Å². The van der Waals surface area contributed by atoms with Gasteiger partial charge in [-0.3, -0.25) is 0 Å². The third-order valence-corrected chi connectivity index (χ3v) is 2.59. The van der Waals surface area contributed by atoms with Crippen LogP contribution in [0.4, 0.5) is 0 Å². The second-order valence-corrected chi connectivity index (χ2v) is 3.82. The monoisotopic (exact) mass is 192 g/mol. The third kappa shape index (κ3) is 8.35. The van der Waals surface area contributed by atoms with Gasteiger partial charge in [-0.15, -0.1) is 11.6 Å². The Balaban J connectivity index is 2.90. The minimum Gasteiger partial charge on any atom is -0.385 e. The van der Waals surface area contributed by atoms with E-state index in [4.69, 9.17) is 16.3 Å². The van der Waals surface area contributed by atoms with Gasteiger partial charge in [0, 0.05) is 19.1 Å². The van der Waals surface area contributed by atoms with Gasteiger partial charge in [0.2, 0.25) is 0 Å². The van der Waals surface area contributed by atoms with Gasteiger partial charge < -0.3 is 4.74 Å². The molecule has 0 aliphatic heterocycles. The molecule has 0 saturated heterocycles. The van der Waals surface area contributed by atoms with Crippen LogP contribution in [0.5, 0.6) is 0 Å². The summed E-state index contributed by atoms with van der Waals surface area (Å²) < 4.78 is 4.96. The molecule has 0 radical (unpaired) electrons. The van der Waals surface area contributed by atoms with Gasteiger partial charge in [-0.2, -0.15) is 0 Å². The quantitative estimate of drug-likeness (QED) is 0.422. The molecule has 1 unspecified atom stereocenters. The fourth-order valence-corrected chi connectivity index (χ4v) is 1.32. The molecule has 0 spiro atoms. The lowest BCUT2D eigenvalue weighted by atomic mass is 10.1. The zero-order chi connectivity index (χ0) is 9.23. The van der Waals surface area contributed by atoms with E-state index in [0.29, 0.717) is 5.38 Å². The summed E-state index contributed by atoms with van der Waals surface area (Å²) in [5.74, 6) is 0. The molecule has 0 heterocycles. The molecule has 0 aromatic heterocycles. The smallest absolute Gasteiger partial charge is 0.0462 e.